The molecule has 0 spiro atoms. The number of hydrogen-bond acceptors (Lipinski definition) is 5. The molecule has 4 aromatic rings. The maximum Gasteiger partial charge on any atom is 0.277 e. The van der Waals surface area contributed by atoms with Crippen LogP contribution in [0.3, 0.4) is 0 Å². The van der Waals surface area contributed by atoms with Gasteiger partial charge in [-0.2, -0.15) is 0 Å². The Labute approximate surface area is 168 Å². The molecule has 0 radical (unpaired) electrons. The van der Waals surface area contributed by atoms with Gasteiger partial charge in [-0.1, -0.05) is 52.0 Å². The van der Waals surface area contributed by atoms with E-state index in [0.717, 1.165) is 32.2 Å². The van der Waals surface area contributed by atoms with E-state index in [-0.39, 0.29) is 11.0 Å². The molecule has 2 aromatic heterocycles. The summed E-state index contributed by atoms with van der Waals surface area (Å²) in [6.45, 7) is 3.78. The monoisotopic (exact) mass is 441 g/mol. The molecule has 0 unspecified atom stereocenters. The SMILES string of the molecule is Cc1[nH]c2ccccc2c1C(=O)[C@H](C)Sc1nnc(-c2cccc(Br)c2)o1. The maximum absolute atomic E-state index is 13.0. The zero-order chi connectivity index (χ0) is 19.0. The van der Waals surface area contributed by atoms with Gasteiger partial charge in [0.2, 0.25) is 5.89 Å². The van der Waals surface area contributed by atoms with Gasteiger partial charge in [0.05, 0.1) is 5.25 Å². The van der Waals surface area contributed by atoms with Crippen molar-refractivity contribution in [1.29, 1.82) is 0 Å². The molecule has 0 saturated heterocycles. The molecular weight excluding hydrogens is 426 g/mol. The van der Waals surface area contributed by atoms with E-state index in [1.807, 2.05) is 62.4 Å². The van der Waals surface area contributed by atoms with Crippen LogP contribution in [-0.2, 0) is 0 Å². The summed E-state index contributed by atoms with van der Waals surface area (Å²) in [4.78, 5) is 16.3. The topological polar surface area (TPSA) is 71.8 Å². The molecule has 0 fully saturated rings. The standard InChI is InChI=1S/C20H16BrN3O2S/c1-11-17(15-8-3-4-9-16(15)22-11)18(25)12(2)27-20-24-23-19(26-20)13-6-5-7-14(21)10-13/h3-10,12,22H,1-2H3/t12-/m0/s1. The summed E-state index contributed by atoms with van der Waals surface area (Å²) >= 11 is 4.70. The number of thioether (sulfide) groups is 1. The summed E-state index contributed by atoms with van der Waals surface area (Å²) in [5.41, 5.74) is 3.38. The van der Waals surface area contributed by atoms with E-state index in [0.29, 0.717) is 11.1 Å². The summed E-state index contributed by atoms with van der Waals surface area (Å²) in [6, 6.07) is 15.5. The van der Waals surface area contributed by atoms with Crippen LogP contribution < -0.4 is 0 Å². The number of rotatable bonds is 5. The molecule has 0 amide bonds. The first-order chi connectivity index (χ1) is 13.0. The Bertz CT molecular complexity index is 1140. The molecule has 0 aliphatic rings. The first-order valence-electron chi connectivity index (χ1n) is 8.40. The van der Waals surface area contributed by atoms with Crippen LogP contribution in [-0.4, -0.2) is 26.2 Å². The van der Waals surface area contributed by atoms with Crippen molar-refractivity contribution in [1.82, 2.24) is 15.2 Å². The fraction of sp³-hybridized carbons (Fsp3) is 0.150. The lowest BCUT2D eigenvalue weighted by Crippen LogP contribution is -2.14. The molecule has 1 atom stereocenters. The Balaban J connectivity index is 1.56. The number of fused-ring (bicyclic) bond motifs is 1. The van der Waals surface area contributed by atoms with Gasteiger partial charge < -0.3 is 9.40 Å². The van der Waals surface area contributed by atoms with Crippen LogP contribution in [0.5, 0.6) is 0 Å². The number of aryl methyl sites for hydroxylation is 1. The molecule has 0 aliphatic carbocycles. The van der Waals surface area contributed by atoms with E-state index in [2.05, 4.69) is 31.1 Å². The first kappa shape index (κ1) is 18.0. The van der Waals surface area contributed by atoms with Gasteiger partial charge in [0.15, 0.2) is 5.78 Å². The number of halogens is 1. The Morgan fingerprint density at radius 1 is 1.19 bits per heavy atom. The fourth-order valence-corrected chi connectivity index (χ4v) is 4.14. The van der Waals surface area contributed by atoms with E-state index >= 15 is 0 Å². The quantitative estimate of drug-likeness (QED) is 0.319. The number of carbonyl (C=O) groups excluding carboxylic acids is 1. The summed E-state index contributed by atoms with van der Waals surface area (Å²) in [5.74, 6) is 0.471. The molecule has 1 N–H and O–H groups in total. The predicted molar refractivity (Wildman–Crippen MR) is 110 cm³/mol. The number of nitrogens with one attached hydrogen (secondary N) is 1. The number of nitrogens with zero attached hydrogens (tertiary/aromatic N) is 2. The number of aromatic nitrogens is 3. The highest BCUT2D eigenvalue weighted by Gasteiger charge is 2.24. The van der Waals surface area contributed by atoms with Crippen molar-refractivity contribution in [3.05, 3.63) is 64.3 Å². The molecular formula is C20H16BrN3O2S. The van der Waals surface area contributed by atoms with Gasteiger partial charge in [0.25, 0.3) is 5.22 Å². The van der Waals surface area contributed by atoms with Gasteiger partial charge in [-0.3, -0.25) is 4.79 Å². The van der Waals surface area contributed by atoms with Crippen LogP contribution in [0.15, 0.2) is 62.6 Å². The number of H-pyrrole nitrogens is 1. The lowest BCUT2D eigenvalue weighted by atomic mass is 10.1. The number of carbonyl (C=O) groups is 1. The minimum atomic E-state index is -0.348. The second kappa shape index (κ2) is 7.32. The molecule has 0 saturated carbocycles. The maximum atomic E-state index is 13.0. The fourth-order valence-electron chi connectivity index (χ4n) is 3.00. The number of ketones is 1. The van der Waals surface area contributed by atoms with Crippen molar-refractivity contribution in [2.24, 2.45) is 0 Å². The van der Waals surface area contributed by atoms with E-state index in [1.165, 1.54) is 11.8 Å². The van der Waals surface area contributed by atoms with Gasteiger partial charge in [0, 0.05) is 32.2 Å². The Morgan fingerprint density at radius 2 is 2.00 bits per heavy atom. The highest BCUT2D eigenvalue weighted by atomic mass is 79.9. The van der Waals surface area contributed by atoms with Gasteiger partial charge in [0.1, 0.15) is 0 Å². The smallest absolute Gasteiger partial charge is 0.277 e. The minimum absolute atomic E-state index is 0.0390. The molecule has 2 heterocycles. The van der Waals surface area contributed by atoms with Crippen LogP contribution in [0.2, 0.25) is 0 Å². The molecule has 0 bridgehead atoms. The lowest BCUT2D eigenvalue weighted by Gasteiger charge is -2.07. The third-order valence-electron chi connectivity index (χ3n) is 4.26. The van der Waals surface area contributed by atoms with Gasteiger partial charge in [-0.25, -0.2) is 0 Å². The van der Waals surface area contributed by atoms with Crippen molar-refractivity contribution in [2.75, 3.05) is 0 Å². The zero-order valence-corrected chi connectivity index (χ0v) is 17.1. The van der Waals surface area contributed by atoms with Crippen molar-refractivity contribution < 1.29 is 9.21 Å². The van der Waals surface area contributed by atoms with Crippen LogP contribution in [0.4, 0.5) is 0 Å². The number of aromatic amines is 1. The molecule has 2 aromatic carbocycles. The Kier molecular flexibility index (Phi) is 4.88. The number of para-hydroxylation sites is 1. The molecule has 136 valence electrons. The minimum Gasteiger partial charge on any atom is -0.411 e. The average Bonchev–Trinajstić information content (AvgIpc) is 3.24. The second-order valence-electron chi connectivity index (χ2n) is 6.18. The first-order valence-corrected chi connectivity index (χ1v) is 10.1. The van der Waals surface area contributed by atoms with E-state index in [1.54, 1.807) is 0 Å². The van der Waals surface area contributed by atoms with Gasteiger partial charge >= 0.3 is 0 Å². The Hall–Kier alpha value is -2.38. The largest absolute Gasteiger partial charge is 0.411 e. The molecule has 7 heteroatoms. The van der Waals surface area contributed by atoms with Crippen LogP contribution in [0.25, 0.3) is 22.4 Å². The normalized spacial score (nSPS) is 12.4. The van der Waals surface area contributed by atoms with Crippen LogP contribution >= 0.6 is 27.7 Å². The van der Waals surface area contributed by atoms with E-state index in [9.17, 15) is 4.79 Å². The predicted octanol–water partition coefficient (Wildman–Crippen LogP) is 5.65. The highest BCUT2D eigenvalue weighted by Crippen LogP contribution is 2.31. The van der Waals surface area contributed by atoms with Crippen molar-refractivity contribution >= 4 is 44.4 Å². The number of hydrogen-bond donors (Lipinski definition) is 1. The van der Waals surface area contributed by atoms with Crippen molar-refractivity contribution in [3.8, 4) is 11.5 Å². The molecule has 4 rings (SSSR count). The number of benzene rings is 2. The summed E-state index contributed by atoms with van der Waals surface area (Å²) in [6.07, 6.45) is 0. The Morgan fingerprint density at radius 3 is 2.81 bits per heavy atom. The van der Waals surface area contributed by atoms with Gasteiger partial charge in [-0.05, 0) is 38.1 Å². The van der Waals surface area contributed by atoms with Crippen molar-refractivity contribution in [2.45, 2.75) is 24.3 Å². The molecule has 5 nitrogen and oxygen atoms in total. The van der Waals surface area contributed by atoms with Gasteiger partial charge in [-0.15, -0.1) is 10.2 Å². The number of Topliss-reactive ketones (excluding diaryl/α,β-unsaturated/α-hetero) is 1. The third-order valence-corrected chi connectivity index (χ3v) is 5.69. The highest BCUT2D eigenvalue weighted by molar-refractivity contribution is 9.10. The zero-order valence-electron chi connectivity index (χ0n) is 14.7. The second-order valence-corrected chi connectivity index (χ2v) is 8.39. The van der Waals surface area contributed by atoms with E-state index < -0.39 is 0 Å². The molecule has 27 heavy (non-hydrogen) atoms. The molecule has 0 aliphatic heterocycles. The van der Waals surface area contributed by atoms with Crippen LogP contribution in [0, 0.1) is 6.92 Å². The van der Waals surface area contributed by atoms with E-state index in [4.69, 9.17) is 4.42 Å². The third kappa shape index (κ3) is 3.57. The summed E-state index contributed by atoms with van der Waals surface area (Å²) < 4.78 is 6.68. The van der Waals surface area contributed by atoms with Crippen LogP contribution in [0.1, 0.15) is 23.0 Å². The summed E-state index contributed by atoms with van der Waals surface area (Å²) in [5, 5.41) is 9.14. The summed E-state index contributed by atoms with van der Waals surface area (Å²) in [7, 11) is 0. The lowest BCUT2D eigenvalue weighted by molar-refractivity contribution is 0.0994. The average molecular weight is 442 g/mol. The van der Waals surface area contributed by atoms with Crippen molar-refractivity contribution in [3.63, 3.8) is 0 Å².